The smallest absolute Gasteiger partial charge is 0.120 e. The van der Waals surface area contributed by atoms with Gasteiger partial charge in [0.2, 0.25) is 0 Å². The summed E-state index contributed by atoms with van der Waals surface area (Å²) in [7, 11) is 0. The van der Waals surface area contributed by atoms with Crippen molar-refractivity contribution in [2.75, 3.05) is 5.88 Å². The lowest BCUT2D eigenvalue weighted by molar-refractivity contribution is 0.131. The topological polar surface area (TPSA) is 9.23 Å². The van der Waals surface area contributed by atoms with E-state index in [1.54, 1.807) is 0 Å². The number of hydrogen-bond acceptors (Lipinski definition) is 1. The molecule has 17 heavy (non-hydrogen) atoms. The number of ether oxygens (including phenoxy) is 1. The van der Waals surface area contributed by atoms with Gasteiger partial charge in [-0.2, -0.15) is 0 Å². The van der Waals surface area contributed by atoms with Crippen LogP contribution in [0.1, 0.15) is 39.2 Å². The molecule has 0 bridgehead atoms. The minimum absolute atomic E-state index is 0.159. The molecule has 0 amide bonds. The van der Waals surface area contributed by atoms with Crippen molar-refractivity contribution in [3.63, 3.8) is 0 Å². The highest BCUT2D eigenvalue weighted by Crippen LogP contribution is 2.18. The minimum Gasteiger partial charge on any atom is -0.488 e. The van der Waals surface area contributed by atoms with Crippen molar-refractivity contribution in [1.82, 2.24) is 0 Å². The van der Waals surface area contributed by atoms with Gasteiger partial charge in [0.15, 0.2) is 0 Å². The van der Waals surface area contributed by atoms with Gasteiger partial charge in [-0.25, -0.2) is 0 Å². The van der Waals surface area contributed by atoms with Crippen LogP contribution in [0.3, 0.4) is 0 Å². The molecule has 0 aliphatic carbocycles. The van der Waals surface area contributed by atoms with Crippen molar-refractivity contribution in [3.8, 4) is 17.6 Å². The largest absolute Gasteiger partial charge is 0.488 e. The Morgan fingerprint density at radius 2 is 1.82 bits per heavy atom. The summed E-state index contributed by atoms with van der Waals surface area (Å²) in [4.78, 5) is 0. The first-order valence-electron chi connectivity index (χ1n) is 5.85. The third-order valence-electron chi connectivity index (χ3n) is 1.95. The second-order valence-electron chi connectivity index (χ2n) is 4.83. The molecule has 1 aromatic rings. The number of rotatable bonds is 3. The molecule has 0 aromatic heterocycles. The first-order valence-corrected chi connectivity index (χ1v) is 6.38. The van der Waals surface area contributed by atoms with E-state index in [-0.39, 0.29) is 5.60 Å². The van der Waals surface area contributed by atoms with E-state index in [1.165, 1.54) is 0 Å². The molecule has 0 aliphatic rings. The fourth-order valence-electron chi connectivity index (χ4n) is 1.28. The normalized spacial score (nSPS) is 10.6. The van der Waals surface area contributed by atoms with Crippen molar-refractivity contribution < 1.29 is 4.74 Å². The van der Waals surface area contributed by atoms with E-state index in [2.05, 4.69) is 11.8 Å². The summed E-state index contributed by atoms with van der Waals surface area (Å²) in [6.45, 7) is 6.10. The fourth-order valence-corrected chi connectivity index (χ4v) is 1.41. The summed E-state index contributed by atoms with van der Waals surface area (Å²) in [6, 6.07) is 7.87. The zero-order chi connectivity index (χ0) is 12.7. The van der Waals surface area contributed by atoms with E-state index in [0.717, 1.165) is 24.2 Å². The zero-order valence-electron chi connectivity index (χ0n) is 10.7. The van der Waals surface area contributed by atoms with E-state index < -0.39 is 0 Å². The summed E-state index contributed by atoms with van der Waals surface area (Å²) in [5, 5.41) is 0. The van der Waals surface area contributed by atoms with E-state index >= 15 is 0 Å². The van der Waals surface area contributed by atoms with E-state index in [1.807, 2.05) is 45.0 Å². The predicted octanol–water partition coefficient (Wildman–Crippen LogP) is 4.23. The van der Waals surface area contributed by atoms with Gasteiger partial charge in [0.25, 0.3) is 0 Å². The van der Waals surface area contributed by atoms with E-state index in [4.69, 9.17) is 16.3 Å². The van der Waals surface area contributed by atoms with Crippen LogP contribution in [-0.4, -0.2) is 11.5 Å². The fraction of sp³-hybridized carbons (Fsp3) is 0.467. The molecule has 0 saturated carbocycles. The van der Waals surface area contributed by atoms with E-state index in [9.17, 15) is 0 Å². The van der Waals surface area contributed by atoms with Gasteiger partial charge in [0.1, 0.15) is 11.4 Å². The van der Waals surface area contributed by atoms with Gasteiger partial charge in [-0.05, 0) is 51.5 Å². The van der Waals surface area contributed by atoms with Gasteiger partial charge in [-0.15, -0.1) is 11.6 Å². The SMILES string of the molecule is CC(C)(C)Oc1ccc(C#CCCCCl)cc1. The average Bonchev–Trinajstić information content (AvgIpc) is 2.25. The van der Waals surface area contributed by atoms with Crippen LogP contribution in [0.4, 0.5) is 0 Å². The minimum atomic E-state index is -0.159. The maximum atomic E-state index is 5.73. The second-order valence-corrected chi connectivity index (χ2v) is 5.21. The molecule has 0 radical (unpaired) electrons. The van der Waals surface area contributed by atoms with Crippen molar-refractivity contribution in [2.24, 2.45) is 0 Å². The van der Waals surface area contributed by atoms with Gasteiger partial charge in [-0.1, -0.05) is 11.8 Å². The van der Waals surface area contributed by atoms with Crippen molar-refractivity contribution in [2.45, 2.75) is 39.2 Å². The Kier molecular flexibility index (Phi) is 5.38. The summed E-state index contributed by atoms with van der Waals surface area (Å²) in [5.41, 5.74) is 0.855. The molecule has 0 spiro atoms. The quantitative estimate of drug-likeness (QED) is 0.443. The van der Waals surface area contributed by atoms with Gasteiger partial charge < -0.3 is 4.74 Å². The molecule has 0 heterocycles. The van der Waals surface area contributed by atoms with Crippen molar-refractivity contribution in [1.29, 1.82) is 0 Å². The van der Waals surface area contributed by atoms with Crippen molar-refractivity contribution >= 4 is 11.6 Å². The van der Waals surface area contributed by atoms with Crippen LogP contribution >= 0.6 is 11.6 Å². The van der Waals surface area contributed by atoms with Gasteiger partial charge in [-0.3, -0.25) is 0 Å². The van der Waals surface area contributed by atoms with Crippen LogP contribution in [0.15, 0.2) is 24.3 Å². The molecule has 1 aromatic carbocycles. The highest BCUT2D eigenvalue weighted by Gasteiger charge is 2.10. The molecule has 0 unspecified atom stereocenters. The average molecular weight is 251 g/mol. The summed E-state index contributed by atoms with van der Waals surface area (Å²) in [6.07, 6.45) is 1.80. The molecule has 0 N–H and O–H groups in total. The Balaban J connectivity index is 2.58. The second kappa shape index (κ2) is 6.57. The van der Waals surface area contributed by atoms with Gasteiger partial charge >= 0.3 is 0 Å². The van der Waals surface area contributed by atoms with Gasteiger partial charge in [0.05, 0.1) is 0 Å². The Bertz CT molecular complexity index is 390. The molecule has 2 heteroatoms. The van der Waals surface area contributed by atoms with Crippen LogP contribution in [0.2, 0.25) is 0 Å². The monoisotopic (exact) mass is 250 g/mol. The third kappa shape index (κ3) is 6.24. The number of unbranched alkanes of at least 4 members (excludes halogenated alkanes) is 1. The summed E-state index contributed by atoms with van der Waals surface area (Å²) < 4.78 is 5.73. The molecule has 0 aliphatic heterocycles. The molecule has 1 rings (SSSR count). The summed E-state index contributed by atoms with van der Waals surface area (Å²) >= 11 is 5.58. The Morgan fingerprint density at radius 1 is 1.18 bits per heavy atom. The lowest BCUT2D eigenvalue weighted by Gasteiger charge is -2.21. The van der Waals surface area contributed by atoms with E-state index in [0.29, 0.717) is 5.88 Å². The predicted molar refractivity (Wildman–Crippen MR) is 73.7 cm³/mol. The summed E-state index contributed by atoms with van der Waals surface area (Å²) in [5.74, 6) is 7.75. The van der Waals surface area contributed by atoms with Crippen LogP contribution in [-0.2, 0) is 0 Å². The molecule has 0 saturated heterocycles. The molecule has 92 valence electrons. The molecule has 0 atom stereocenters. The van der Waals surface area contributed by atoms with Crippen LogP contribution in [0.25, 0.3) is 0 Å². The maximum absolute atomic E-state index is 5.73. The number of hydrogen-bond donors (Lipinski definition) is 0. The van der Waals surface area contributed by atoms with Crippen LogP contribution in [0.5, 0.6) is 5.75 Å². The van der Waals surface area contributed by atoms with Crippen LogP contribution < -0.4 is 4.74 Å². The molecule has 1 nitrogen and oxygen atoms in total. The third-order valence-corrected chi connectivity index (χ3v) is 2.21. The Labute approximate surface area is 109 Å². The molecular formula is C15H19ClO. The lowest BCUT2D eigenvalue weighted by Crippen LogP contribution is -2.22. The van der Waals surface area contributed by atoms with Gasteiger partial charge in [0, 0.05) is 17.9 Å². The number of benzene rings is 1. The Morgan fingerprint density at radius 3 is 2.35 bits per heavy atom. The lowest BCUT2D eigenvalue weighted by atomic mass is 10.1. The number of halogens is 1. The van der Waals surface area contributed by atoms with Crippen LogP contribution in [0, 0.1) is 11.8 Å². The Hall–Kier alpha value is -1.13. The molecular weight excluding hydrogens is 232 g/mol. The highest BCUT2D eigenvalue weighted by atomic mass is 35.5. The standard InChI is InChI=1S/C15H19ClO/c1-15(2,3)17-14-10-8-13(9-11-14)7-5-4-6-12-16/h8-11H,4,6,12H2,1-3H3. The maximum Gasteiger partial charge on any atom is 0.120 e. The first kappa shape index (κ1) is 13.9. The van der Waals surface area contributed by atoms with Crippen molar-refractivity contribution in [3.05, 3.63) is 29.8 Å². The highest BCUT2D eigenvalue weighted by molar-refractivity contribution is 6.17. The number of alkyl halides is 1. The first-order chi connectivity index (χ1) is 8.01. The zero-order valence-corrected chi connectivity index (χ0v) is 11.5. The molecule has 0 fully saturated rings.